The molecule has 1 aromatic heterocycles. The molecule has 0 saturated carbocycles. The summed E-state index contributed by atoms with van der Waals surface area (Å²) in [5, 5.41) is 0.445. The Morgan fingerprint density at radius 2 is 1.84 bits per heavy atom. The fraction of sp³-hybridized carbons (Fsp3) is 0.348. The second-order valence-corrected chi connectivity index (χ2v) is 9.87. The molecule has 1 fully saturated rings. The average Bonchev–Trinajstić information content (AvgIpc) is 2.79. The number of hydrogen-bond donors (Lipinski definition) is 1. The third-order valence-corrected chi connectivity index (χ3v) is 7.70. The van der Waals surface area contributed by atoms with Crippen LogP contribution >= 0.6 is 0 Å². The number of fused-ring (bicyclic) bond motifs is 1. The number of benzene rings is 2. The Kier molecular flexibility index (Phi) is 6.12. The van der Waals surface area contributed by atoms with Crippen LogP contribution in [0.5, 0.6) is 0 Å². The van der Waals surface area contributed by atoms with E-state index in [9.17, 15) is 18.0 Å². The first-order valence-corrected chi connectivity index (χ1v) is 12.0. The van der Waals surface area contributed by atoms with Crippen LogP contribution in [0.25, 0.3) is 10.9 Å². The van der Waals surface area contributed by atoms with Gasteiger partial charge in [0.1, 0.15) is 0 Å². The number of rotatable bonds is 5. The highest BCUT2D eigenvalue weighted by Gasteiger charge is 2.28. The normalized spacial score (nSPS) is 16.1. The van der Waals surface area contributed by atoms with Crippen molar-refractivity contribution >= 4 is 26.9 Å². The molecule has 0 amide bonds. The number of carbonyl (C=O) groups excluding carboxylic acids is 1. The van der Waals surface area contributed by atoms with Crippen LogP contribution in [0.3, 0.4) is 0 Å². The van der Waals surface area contributed by atoms with Gasteiger partial charge in [-0.1, -0.05) is 24.6 Å². The molecule has 2 heterocycles. The molecule has 0 aliphatic carbocycles. The molecule has 32 heavy (non-hydrogen) atoms. The second kappa shape index (κ2) is 8.84. The van der Waals surface area contributed by atoms with Gasteiger partial charge < -0.3 is 9.72 Å². The van der Waals surface area contributed by atoms with E-state index in [1.807, 2.05) is 0 Å². The van der Waals surface area contributed by atoms with E-state index < -0.39 is 22.1 Å². The lowest BCUT2D eigenvalue weighted by Crippen LogP contribution is -2.36. The van der Waals surface area contributed by atoms with Gasteiger partial charge in [-0.15, -0.1) is 0 Å². The van der Waals surface area contributed by atoms with Gasteiger partial charge in [-0.25, -0.2) is 18.2 Å². The van der Waals surface area contributed by atoms with Crippen molar-refractivity contribution in [1.82, 2.24) is 14.3 Å². The number of H-pyrrole nitrogens is 1. The van der Waals surface area contributed by atoms with Gasteiger partial charge in [0, 0.05) is 13.1 Å². The third-order valence-electron chi connectivity index (χ3n) is 5.66. The molecule has 1 N–H and O–H groups in total. The van der Waals surface area contributed by atoms with Gasteiger partial charge in [0.25, 0.3) is 5.56 Å². The summed E-state index contributed by atoms with van der Waals surface area (Å²) in [5.41, 5.74) is 0.875. The van der Waals surface area contributed by atoms with Crippen molar-refractivity contribution in [2.45, 2.75) is 44.1 Å². The first kappa shape index (κ1) is 22.2. The van der Waals surface area contributed by atoms with Crippen LogP contribution < -0.4 is 5.56 Å². The van der Waals surface area contributed by atoms with Crippen molar-refractivity contribution in [3.8, 4) is 0 Å². The Bertz CT molecular complexity index is 1330. The fourth-order valence-corrected chi connectivity index (χ4v) is 5.60. The molecule has 0 bridgehead atoms. The summed E-state index contributed by atoms with van der Waals surface area (Å²) >= 11 is 0. The third kappa shape index (κ3) is 4.31. The molecule has 168 valence electrons. The average molecular weight is 456 g/mol. The highest BCUT2D eigenvalue weighted by atomic mass is 32.2. The van der Waals surface area contributed by atoms with Crippen molar-refractivity contribution in [2.24, 2.45) is 0 Å². The summed E-state index contributed by atoms with van der Waals surface area (Å²) in [6.07, 6.45) is 1.84. The van der Waals surface area contributed by atoms with Crippen molar-refractivity contribution in [2.75, 3.05) is 13.1 Å². The zero-order valence-electron chi connectivity index (χ0n) is 18.0. The number of hydrogen-bond acceptors (Lipinski definition) is 6. The van der Waals surface area contributed by atoms with Gasteiger partial charge in [0.2, 0.25) is 10.0 Å². The fourth-order valence-electron chi connectivity index (χ4n) is 3.83. The van der Waals surface area contributed by atoms with Gasteiger partial charge in [0.05, 0.1) is 21.4 Å². The van der Waals surface area contributed by atoms with E-state index in [2.05, 4.69) is 9.97 Å². The minimum Gasteiger partial charge on any atom is -0.451 e. The number of esters is 1. The first-order chi connectivity index (χ1) is 15.3. The van der Waals surface area contributed by atoms with E-state index in [-0.39, 0.29) is 21.8 Å². The minimum atomic E-state index is -3.69. The molecule has 9 heteroatoms. The summed E-state index contributed by atoms with van der Waals surface area (Å²) in [6.45, 7) is 4.27. The van der Waals surface area contributed by atoms with Crippen LogP contribution in [0.1, 0.15) is 54.0 Å². The van der Waals surface area contributed by atoms with Crippen LogP contribution in [0.2, 0.25) is 0 Å². The molecule has 0 unspecified atom stereocenters. The van der Waals surface area contributed by atoms with Crippen LogP contribution in [-0.2, 0) is 14.8 Å². The minimum absolute atomic E-state index is 0.110. The number of sulfonamides is 1. The molecular weight excluding hydrogens is 430 g/mol. The summed E-state index contributed by atoms with van der Waals surface area (Å²) in [4.78, 5) is 32.2. The zero-order chi connectivity index (χ0) is 22.9. The summed E-state index contributed by atoms with van der Waals surface area (Å²) < 4.78 is 33.2. The van der Waals surface area contributed by atoms with Crippen LogP contribution in [0.4, 0.5) is 0 Å². The molecular formula is C23H25N3O5S. The standard InChI is InChI=1S/C23H25N3O5S/c1-15-10-11-17(14-20(15)32(29,30)26-12-6-3-7-13-26)23(28)31-16(2)21-24-19-9-5-4-8-18(19)22(27)25-21/h4-5,8-11,14,16H,3,6-7,12-13H2,1-2H3,(H,24,25,27)/t16-/m0/s1. The van der Waals surface area contributed by atoms with E-state index in [1.54, 1.807) is 44.2 Å². The summed E-state index contributed by atoms with van der Waals surface area (Å²) in [7, 11) is -3.69. The lowest BCUT2D eigenvalue weighted by Gasteiger charge is -2.26. The van der Waals surface area contributed by atoms with E-state index in [0.717, 1.165) is 19.3 Å². The molecule has 0 spiro atoms. The van der Waals surface area contributed by atoms with Crippen molar-refractivity contribution in [3.05, 3.63) is 69.8 Å². The molecule has 1 aliphatic rings. The maximum Gasteiger partial charge on any atom is 0.338 e. The summed E-state index contributed by atoms with van der Waals surface area (Å²) in [5.74, 6) is -0.473. The SMILES string of the molecule is Cc1ccc(C(=O)O[C@@H](C)c2nc3ccccc3c(=O)[nH]2)cc1S(=O)(=O)N1CCCCC1. The van der Waals surface area contributed by atoms with Gasteiger partial charge in [-0.2, -0.15) is 4.31 Å². The predicted octanol–water partition coefficient (Wildman–Crippen LogP) is 3.32. The highest BCUT2D eigenvalue weighted by Crippen LogP contribution is 2.25. The molecule has 2 aromatic carbocycles. The lowest BCUT2D eigenvalue weighted by atomic mass is 10.1. The zero-order valence-corrected chi connectivity index (χ0v) is 18.8. The van der Waals surface area contributed by atoms with Gasteiger partial charge in [-0.05, 0) is 56.5 Å². The van der Waals surface area contributed by atoms with Gasteiger partial charge in [0.15, 0.2) is 11.9 Å². The predicted molar refractivity (Wildman–Crippen MR) is 120 cm³/mol. The van der Waals surface area contributed by atoms with Crippen molar-refractivity contribution in [3.63, 3.8) is 0 Å². The number of aryl methyl sites for hydroxylation is 1. The van der Waals surface area contributed by atoms with E-state index in [4.69, 9.17) is 4.74 Å². The molecule has 8 nitrogen and oxygen atoms in total. The molecule has 1 saturated heterocycles. The number of aromatic nitrogens is 2. The molecule has 3 aromatic rings. The second-order valence-electron chi connectivity index (χ2n) is 7.96. The Balaban J connectivity index is 1.59. The Morgan fingerprint density at radius 3 is 2.59 bits per heavy atom. The monoisotopic (exact) mass is 455 g/mol. The largest absolute Gasteiger partial charge is 0.451 e. The van der Waals surface area contributed by atoms with E-state index in [0.29, 0.717) is 29.6 Å². The summed E-state index contributed by atoms with van der Waals surface area (Å²) in [6, 6.07) is 11.4. The molecule has 4 rings (SSSR count). The number of piperidine rings is 1. The number of nitrogens with zero attached hydrogens (tertiary/aromatic N) is 2. The van der Waals surface area contributed by atoms with E-state index in [1.165, 1.54) is 16.4 Å². The smallest absolute Gasteiger partial charge is 0.338 e. The van der Waals surface area contributed by atoms with Crippen LogP contribution in [0, 0.1) is 6.92 Å². The van der Waals surface area contributed by atoms with E-state index >= 15 is 0 Å². The number of carbonyl (C=O) groups is 1. The van der Waals surface area contributed by atoms with Crippen molar-refractivity contribution < 1.29 is 17.9 Å². The van der Waals surface area contributed by atoms with Gasteiger partial charge >= 0.3 is 5.97 Å². The van der Waals surface area contributed by atoms with Crippen LogP contribution in [-0.4, -0.2) is 41.7 Å². The Morgan fingerprint density at radius 1 is 1.12 bits per heavy atom. The molecule has 1 atom stereocenters. The number of aromatic amines is 1. The van der Waals surface area contributed by atoms with Crippen LogP contribution in [0.15, 0.2) is 52.2 Å². The quantitative estimate of drug-likeness (QED) is 0.591. The van der Waals surface area contributed by atoms with Crippen molar-refractivity contribution in [1.29, 1.82) is 0 Å². The highest BCUT2D eigenvalue weighted by molar-refractivity contribution is 7.89. The maximum atomic E-state index is 13.1. The Labute approximate surface area is 186 Å². The number of para-hydroxylation sites is 1. The Hall–Kier alpha value is -3.04. The number of nitrogens with one attached hydrogen (secondary N) is 1. The first-order valence-electron chi connectivity index (χ1n) is 10.6. The number of ether oxygens (including phenoxy) is 1. The lowest BCUT2D eigenvalue weighted by molar-refractivity contribution is 0.0319. The molecule has 0 radical (unpaired) electrons. The van der Waals surface area contributed by atoms with Gasteiger partial charge in [-0.3, -0.25) is 4.79 Å². The topological polar surface area (TPSA) is 109 Å². The molecule has 1 aliphatic heterocycles. The maximum absolute atomic E-state index is 13.1.